The lowest BCUT2D eigenvalue weighted by atomic mass is 10.1. The number of benzene rings is 2. The Morgan fingerprint density at radius 2 is 2.00 bits per heavy atom. The summed E-state index contributed by atoms with van der Waals surface area (Å²) in [5.74, 6) is -3.03. The number of alkyl halides is 2. The number of rotatable bonds is 6. The van der Waals surface area contributed by atoms with E-state index in [0.717, 1.165) is 0 Å². The summed E-state index contributed by atoms with van der Waals surface area (Å²) in [7, 11) is 1.41. The molecule has 0 aromatic heterocycles. The highest BCUT2D eigenvalue weighted by atomic mass is 32.2. The minimum Gasteiger partial charge on any atom is -0.504 e. The quantitative estimate of drug-likeness (QED) is 0.447. The van der Waals surface area contributed by atoms with Gasteiger partial charge in [0.15, 0.2) is 11.5 Å². The molecule has 26 heavy (non-hydrogen) atoms. The van der Waals surface area contributed by atoms with Gasteiger partial charge in [-0.3, -0.25) is 4.79 Å². The van der Waals surface area contributed by atoms with Gasteiger partial charge in [-0.05, 0) is 48.0 Å². The Kier molecular flexibility index (Phi) is 6.58. The fraction of sp³-hybridized carbons (Fsp3) is 0.111. The summed E-state index contributed by atoms with van der Waals surface area (Å²) in [5, 5.41) is 21.5. The van der Waals surface area contributed by atoms with Crippen LogP contribution in [0.25, 0.3) is 6.08 Å². The third-order valence-corrected chi connectivity index (χ3v) is 3.94. The molecule has 0 saturated carbocycles. The first-order valence-corrected chi connectivity index (χ1v) is 8.16. The van der Waals surface area contributed by atoms with Crippen molar-refractivity contribution in [3.63, 3.8) is 0 Å². The number of amides is 1. The average Bonchev–Trinajstić information content (AvgIpc) is 2.61. The Morgan fingerprint density at radius 1 is 1.31 bits per heavy atom. The first-order valence-electron chi connectivity index (χ1n) is 7.28. The van der Waals surface area contributed by atoms with Crippen LogP contribution in [-0.2, 0) is 4.79 Å². The summed E-state index contributed by atoms with van der Waals surface area (Å²) in [6.45, 7) is 0. The first kappa shape index (κ1) is 19.3. The van der Waals surface area contributed by atoms with Crippen LogP contribution in [0.3, 0.4) is 0 Å². The number of phenols is 1. The molecular weight excluding hydrogens is 362 g/mol. The zero-order valence-corrected chi connectivity index (χ0v) is 14.4. The van der Waals surface area contributed by atoms with E-state index < -0.39 is 11.7 Å². The Balaban J connectivity index is 2.13. The number of anilines is 1. The van der Waals surface area contributed by atoms with Crippen LogP contribution in [0.1, 0.15) is 5.56 Å². The highest BCUT2D eigenvalue weighted by molar-refractivity contribution is 7.99. The second kappa shape index (κ2) is 8.87. The standard InChI is InChI=1S/C18H14F2N2O3S/c1-25-16-7-2-11(9-15(16)23)8-12(10-21)17(24)22-13-3-5-14(6-4-13)26-18(19)20/h2-9,18,23H,1H3,(H,22,24). The molecule has 8 heteroatoms. The number of hydrogen-bond donors (Lipinski definition) is 2. The molecule has 1 amide bonds. The topological polar surface area (TPSA) is 82.3 Å². The molecular formula is C18H14F2N2O3S. The van der Waals surface area contributed by atoms with Gasteiger partial charge in [-0.15, -0.1) is 0 Å². The Labute approximate surface area is 152 Å². The summed E-state index contributed by atoms with van der Waals surface area (Å²) < 4.78 is 29.5. The van der Waals surface area contributed by atoms with Gasteiger partial charge >= 0.3 is 0 Å². The van der Waals surface area contributed by atoms with E-state index in [1.807, 2.05) is 0 Å². The lowest BCUT2D eigenvalue weighted by molar-refractivity contribution is -0.112. The molecule has 0 atom stereocenters. The Morgan fingerprint density at radius 3 is 2.54 bits per heavy atom. The average molecular weight is 376 g/mol. The predicted octanol–water partition coefficient (Wildman–Crippen LogP) is 4.26. The smallest absolute Gasteiger partial charge is 0.288 e. The molecule has 0 fully saturated rings. The van der Waals surface area contributed by atoms with Gasteiger partial charge in [-0.25, -0.2) is 0 Å². The fourth-order valence-corrected chi connectivity index (χ4v) is 2.53. The Bertz CT molecular complexity index is 862. The third-order valence-electron chi connectivity index (χ3n) is 3.22. The third kappa shape index (κ3) is 5.22. The number of phenolic OH excluding ortho intramolecular Hbond substituents is 1. The molecule has 0 aliphatic carbocycles. The van der Waals surface area contributed by atoms with E-state index in [1.54, 1.807) is 12.1 Å². The number of nitrogens with zero attached hydrogens (tertiary/aromatic N) is 1. The van der Waals surface area contributed by atoms with Crippen LogP contribution in [0.5, 0.6) is 11.5 Å². The van der Waals surface area contributed by atoms with Crippen LogP contribution in [0.15, 0.2) is 52.9 Å². The SMILES string of the molecule is COc1ccc(C=C(C#N)C(=O)Nc2ccc(SC(F)F)cc2)cc1O. The second-order valence-corrected chi connectivity index (χ2v) is 6.02. The number of nitriles is 1. The van der Waals surface area contributed by atoms with Crippen LogP contribution < -0.4 is 10.1 Å². The molecule has 0 saturated heterocycles. The van der Waals surface area contributed by atoms with Crippen molar-refractivity contribution in [3.8, 4) is 17.6 Å². The van der Waals surface area contributed by atoms with Gasteiger partial charge in [0, 0.05) is 10.6 Å². The van der Waals surface area contributed by atoms with Crippen molar-refractivity contribution in [3.05, 3.63) is 53.6 Å². The normalized spacial score (nSPS) is 11.1. The summed E-state index contributed by atoms with van der Waals surface area (Å²) in [5.41, 5.74) is 0.631. The van der Waals surface area contributed by atoms with Crippen molar-refractivity contribution < 1.29 is 23.4 Å². The second-order valence-electron chi connectivity index (χ2n) is 4.96. The minimum absolute atomic E-state index is 0.119. The van der Waals surface area contributed by atoms with Crippen LogP contribution >= 0.6 is 11.8 Å². The van der Waals surface area contributed by atoms with E-state index in [4.69, 9.17) is 4.74 Å². The zero-order chi connectivity index (χ0) is 19.1. The van der Waals surface area contributed by atoms with E-state index in [1.165, 1.54) is 49.6 Å². The van der Waals surface area contributed by atoms with Crippen molar-refractivity contribution in [2.75, 3.05) is 12.4 Å². The molecule has 2 rings (SSSR count). The first-order chi connectivity index (χ1) is 12.4. The van der Waals surface area contributed by atoms with Crippen LogP contribution in [-0.4, -0.2) is 23.9 Å². The molecule has 5 nitrogen and oxygen atoms in total. The lowest BCUT2D eigenvalue weighted by Gasteiger charge is -2.06. The van der Waals surface area contributed by atoms with Crippen molar-refractivity contribution in [1.29, 1.82) is 5.26 Å². The molecule has 0 spiro atoms. The van der Waals surface area contributed by atoms with E-state index in [9.17, 15) is 23.9 Å². The van der Waals surface area contributed by atoms with Crippen molar-refractivity contribution in [2.45, 2.75) is 10.7 Å². The monoisotopic (exact) mass is 376 g/mol. The molecule has 2 aromatic carbocycles. The van der Waals surface area contributed by atoms with Gasteiger partial charge < -0.3 is 15.2 Å². The van der Waals surface area contributed by atoms with Gasteiger partial charge in [-0.2, -0.15) is 14.0 Å². The maximum absolute atomic E-state index is 12.3. The number of aromatic hydroxyl groups is 1. The van der Waals surface area contributed by atoms with E-state index >= 15 is 0 Å². The number of hydrogen-bond acceptors (Lipinski definition) is 5. The summed E-state index contributed by atoms with van der Waals surface area (Å²) in [4.78, 5) is 12.6. The summed E-state index contributed by atoms with van der Waals surface area (Å²) in [6, 6.07) is 12.1. The highest BCUT2D eigenvalue weighted by Crippen LogP contribution is 2.28. The highest BCUT2D eigenvalue weighted by Gasteiger charge is 2.11. The van der Waals surface area contributed by atoms with Gasteiger partial charge in [-0.1, -0.05) is 17.8 Å². The van der Waals surface area contributed by atoms with Crippen molar-refractivity contribution >= 4 is 29.4 Å². The van der Waals surface area contributed by atoms with Gasteiger partial charge in [0.05, 0.1) is 7.11 Å². The largest absolute Gasteiger partial charge is 0.504 e. The summed E-state index contributed by atoms with van der Waals surface area (Å²) in [6.07, 6.45) is 1.31. The minimum atomic E-state index is -2.52. The van der Waals surface area contributed by atoms with Crippen molar-refractivity contribution in [1.82, 2.24) is 0 Å². The van der Waals surface area contributed by atoms with Gasteiger partial charge in [0.25, 0.3) is 11.7 Å². The number of methoxy groups -OCH3 is 1. The lowest BCUT2D eigenvalue weighted by Crippen LogP contribution is -2.13. The molecule has 0 bridgehead atoms. The van der Waals surface area contributed by atoms with Crippen LogP contribution in [0.4, 0.5) is 14.5 Å². The number of nitrogens with one attached hydrogen (secondary N) is 1. The molecule has 0 aliphatic heterocycles. The zero-order valence-electron chi connectivity index (χ0n) is 13.6. The Hall–Kier alpha value is -3.05. The van der Waals surface area contributed by atoms with Gasteiger partial charge in [0.2, 0.25) is 0 Å². The molecule has 0 unspecified atom stereocenters. The maximum Gasteiger partial charge on any atom is 0.288 e. The fourth-order valence-electron chi connectivity index (χ4n) is 2.03. The van der Waals surface area contributed by atoms with Gasteiger partial charge in [0.1, 0.15) is 11.6 Å². The molecule has 2 N–H and O–H groups in total. The molecule has 0 radical (unpaired) electrons. The molecule has 0 aliphatic rings. The van der Waals surface area contributed by atoms with E-state index in [-0.39, 0.29) is 17.1 Å². The number of carbonyl (C=O) groups is 1. The number of thioether (sulfide) groups is 1. The number of ether oxygens (including phenoxy) is 1. The van der Waals surface area contributed by atoms with E-state index in [2.05, 4.69) is 5.32 Å². The predicted molar refractivity (Wildman–Crippen MR) is 95.2 cm³/mol. The van der Waals surface area contributed by atoms with Crippen molar-refractivity contribution in [2.24, 2.45) is 0 Å². The maximum atomic E-state index is 12.3. The van der Waals surface area contributed by atoms with E-state index in [0.29, 0.717) is 27.9 Å². The summed E-state index contributed by atoms with van der Waals surface area (Å²) >= 11 is 0.399. The van der Waals surface area contributed by atoms with Crippen LogP contribution in [0, 0.1) is 11.3 Å². The number of carbonyl (C=O) groups excluding carboxylic acids is 1. The molecule has 0 heterocycles. The number of halogens is 2. The van der Waals surface area contributed by atoms with Crippen LogP contribution in [0.2, 0.25) is 0 Å². The molecule has 2 aromatic rings. The molecule has 134 valence electrons.